The van der Waals surface area contributed by atoms with Gasteiger partial charge in [-0.05, 0) is 31.9 Å². The zero-order valence-electron chi connectivity index (χ0n) is 11.1. The SMILES string of the molecule is CC1(O)CCN(C(=O)COc2cccc(N)c2)CC1. The number of carbonyl (C=O) groups is 1. The summed E-state index contributed by atoms with van der Waals surface area (Å²) in [7, 11) is 0. The molecule has 1 heterocycles. The Morgan fingerprint density at radius 3 is 2.79 bits per heavy atom. The summed E-state index contributed by atoms with van der Waals surface area (Å²) < 4.78 is 5.42. The summed E-state index contributed by atoms with van der Waals surface area (Å²) in [5.41, 5.74) is 5.60. The standard InChI is InChI=1S/C14H20N2O3/c1-14(18)5-7-16(8-6-14)13(17)10-19-12-4-2-3-11(15)9-12/h2-4,9,18H,5-8,10,15H2,1H3. The highest BCUT2D eigenvalue weighted by atomic mass is 16.5. The number of aliphatic hydroxyl groups is 1. The first-order chi connectivity index (χ1) is 8.96. The molecule has 1 saturated heterocycles. The number of nitrogen functional groups attached to an aromatic ring is 1. The van der Waals surface area contributed by atoms with E-state index in [9.17, 15) is 9.90 Å². The number of amides is 1. The van der Waals surface area contributed by atoms with Crippen LogP contribution < -0.4 is 10.5 Å². The van der Waals surface area contributed by atoms with Gasteiger partial charge in [0.15, 0.2) is 6.61 Å². The summed E-state index contributed by atoms with van der Waals surface area (Å²) in [6.07, 6.45) is 1.22. The second kappa shape index (κ2) is 5.48. The molecule has 0 spiro atoms. The van der Waals surface area contributed by atoms with Crippen molar-refractivity contribution in [1.82, 2.24) is 4.90 Å². The van der Waals surface area contributed by atoms with Crippen molar-refractivity contribution in [3.8, 4) is 5.75 Å². The van der Waals surface area contributed by atoms with E-state index in [1.807, 2.05) is 0 Å². The maximum Gasteiger partial charge on any atom is 0.260 e. The first-order valence-electron chi connectivity index (χ1n) is 6.45. The van der Waals surface area contributed by atoms with E-state index >= 15 is 0 Å². The van der Waals surface area contributed by atoms with Crippen LogP contribution >= 0.6 is 0 Å². The van der Waals surface area contributed by atoms with Gasteiger partial charge < -0.3 is 20.5 Å². The zero-order chi connectivity index (χ0) is 13.9. The molecule has 1 aliphatic rings. The number of rotatable bonds is 3. The van der Waals surface area contributed by atoms with Crippen LogP contribution in [0.5, 0.6) is 5.75 Å². The Labute approximate surface area is 113 Å². The van der Waals surface area contributed by atoms with Gasteiger partial charge in [0, 0.05) is 24.8 Å². The number of benzene rings is 1. The molecule has 5 heteroatoms. The van der Waals surface area contributed by atoms with Crippen LogP contribution in [0.3, 0.4) is 0 Å². The summed E-state index contributed by atoms with van der Waals surface area (Å²) in [5.74, 6) is 0.537. The average Bonchev–Trinajstić information content (AvgIpc) is 2.36. The fourth-order valence-electron chi connectivity index (χ4n) is 2.08. The molecule has 2 rings (SSSR count). The van der Waals surface area contributed by atoms with E-state index < -0.39 is 5.60 Å². The number of likely N-dealkylation sites (tertiary alicyclic amines) is 1. The van der Waals surface area contributed by atoms with Gasteiger partial charge in [0.25, 0.3) is 5.91 Å². The topological polar surface area (TPSA) is 75.8 Å². The van der Waals surface area contributed by atoms with Gasteiger partial charge in [0.1, 0.15) is 5.75 Å². The van der Waals surface area contributed by atoms with Crippen LogP contribution in [0.25, 0.3) is 0 Å². The summed E-state index contributed by atoms with van der Waals surface area (Å²) in [6, 6.07) is 7.01. The number of anilines is 1. The zero-order valence-corrected chi connectivity index (χ0v) is 11.1. The quantitative estimate of drug-likeness (QED) is 0.799. The molecule has 0 radical (unpaired) electrons. The van der Waals surface area contributed by atoms with Gasteiger partial charge in [0.2, 0.25) is 0 Å². The number of hydrogen-bond donors (Lipinski definition) is 2. The molecular weight excluding hydrogens is 244 g/mol. The van der Waals surface area contributed by atoms with Crippen molar-refractivity contribution >= 4 is 11.6 Å². The lowest BCUT2D eigenvalue weighted by Gasteiger charge is -2.35. The molecule has 0 aliphatic carbocycles. The Morgan fingerprint density at radius 1 is 1.47 bits per heavy atom. The fourth-order valence-corrected chi connectivity index (χ4v) is 2.08. The third-order valence-corrected chi connectivity index (χ3v) is 3.41. The molecule has 0 saturated carbocycles. The maximum absolute atomic E-state index is 12.0. The fraction of sp³-hybridized carbons (Fsp3) is 0.500. The van der Waals surface area contributed by atoms with E-state index in [1.54, 1.807) is 36.1 Å². The molecule has 1 amide bonds. The average molecular weight is 264 g/mol. The molecule has 19 heavy (non-hydrogen) atoms. The minimum atomic E-state index is -0.647. The molecule has 0 bridgehead atoms. The molecule has 0 atom stereocenters. The van der Waals surface area contributed by atoms with E-state index in [4.69, 9.17) is 10.5 Å². The van der Waals surface area contributed by atoms with E-state index in [-0.39, 0.29) is 12.5 Å². The van der Waals surface area contributed by atoms with Crippen LogP contribution in [0.1, 0.15) is 19.8 Å². The van der Waals surface area contributed by atoms with Gasteiger partial charge in [0.05, 0.1) is 5.60 Å². The molecule has 1 aliphatic heterocycles. The highest BCUT2D eigenvalue weighted by Crippen LogP contribution is 2.21. The van der Waals surface area contributed by atoms with Gasteiger partial charge in [-0.25, -0.2) is 0 Å². The molecular formula is C14H20N2O3. The molecule has 5 nitrogen and oxygen atoms in total. The molecule has 1 aromatic carbocycles. The summed E-state index contributed by atoms with van der Waals surface area (Å²) >= 11 is 0. The van der Waals surface area contributed by atoms with E-state index in [1.165, 1.54) is 0 Å². The number of nitrogens with zero attached hydrogens (tertiary/aromatic N) is 1. The Bertz CT molecular complexity index is 450. The molecule has 104 valence electrons. The van der Waals surface area contributed by atoms with Gasteiger partial charge in [-0.1, -0.05) is 6.07 Å². The lowest BCUT2D eigenvalue weighted by molar-refractivity contribution is -0.137. The molecule has 0 unspecified atom stereocenters. The van der Waals surface area contributed by atoms with E-state index in [0.717, 1.165) is 0 Å². The molecule has 1 fully saturated rings. The highest BCUT2D eigenvalue weighted by molar-refractivity contribution is 5.77. The first kappa shape index (κ1) is 13.7. The number of hydrogen-bond acceptors (Lipinski definition) is 4. The first-order valence-corrected chi connectivity index (χ1v) is 6.45. The highest BCUT2D eigenvalue weighted by Gasteiger charge is 2.29. The maximum atomic E-state index is 12.0. The third-order valence-electron chi connectivity index (χ3n) is 3.41. The molecule has 3 N–H and O–H groups in total. The van der Waals surface area contributed by atoms with Crippen LogP contribution in [-0.4, -0.2) is 41.2 Å². The van der Waals surface area contributed by atoms with Gasteiger partial charge in [-0.2, -0.15) is 0 Å². The van der Waals surface area contributed by atoms with Crippen molar-refractivity contribution < 1.29 is 14.6 Å². The van der Waals surface area contributed by atoms with Crippen LogP contribution in [0.15, 0.2) is 24.3 Å². The molecule has 0 aromatic heterocycles. The van der Waals surface area contributed by atoms with Crippen molar-refractivity contribution in [2.75, 3.05) is 25.4 Å². The minimum Gasteiger partial charge on any atom is -0.484 e. The van der Waals surface area contributed by atoms with Crippen LogP contribution in [0, 0.1) is 0 Å². The third kappa shape index (κ3) is 3.86. The van der Waals surface area contributed by atoms with Crippen molar-refractivity contribution in [3.63, 3.8) is 0 Å². The Kier molecular flexibility index (Phi) is 3.95. The van der Waals surface area contributed by atoms with Crippen LogP contribution in [0.4, 0.5) is 5.69 Å². The minimum absolute atomic E-state index is 0.00555. The second-order valence-corrected chi connectivity index (χ2v) is 5.24. The summed E-state index contributed by atoms with van der Waals surface area (Å²) in [4.78, 5) is 13.7. The monoisotopic (exact) mass is 264 g/mol. The number of piperidine rings is 1. The van der Waals surface area contributed by atoms with E-state index in [0.29, 0.717) is 37.4 Å². The van der Waals surface area contributed by atoms with Gasteiger partial charge in [-0.15, -0.1) is 0 Å². The van der Waals surface area contributed by atoms with E-state index in [2.05, 4.69) is 0 Å². The Morgan fingerprint density at radius 2 is 2.16 bits per heavy atom. The smallest absolute Gasteiger partial charge is 0.260 e. The number of nitrogens with two attached hydrogens (primary N) is 1. The normalized spacial score (nSPS) is 18.1. The van der Waals surface area contributed by atoms with Crippen molar-refractivity contribution in [2.45, 2.75) is 25.4 Å². The second-order valence-electron chi connectivity index (χ2n) is 5.24. The van der Waals surface area contributed by atoms with Crippen molar-refractivity contribution in [3.05, 3.63) is 24.3 Å². The number of carbonyl (C=O) groups excluding carboxylic acids is 1. The van der Waals surface area contributed by atoms with Gasteiger partial charge in [-0.3, -0.25) is 4.79 Å². The van der Waals surface area contributed by atoms with Crippen LogP contribution in [-0.2, 0) is 4.79 Å². The number of ether oxygens (including phenoxy) is 1. The Balaban J connectivity index is 1.82. The lowest BCUT2D eigenvalue weighted by atomic mass is 9.94. The summed E-state index contributed by atoms with van der Waals surface area (Å²) in [5, 5.41) is 9.83. The lowest BCUT2D eigenvalue weighted by Crippen LogP contribution is -2.46. The predicted octanol–water partition coefficient (Wildman–Crippen LogP) is 1.02. The van der Waals surface area contributed by atoms with Crippen molar-refractivity contribution in [1.29, 1.82) is 0 Å². The molecule has 1 aromatic rings. The predicted molar refractivity (Wildman–Crippen MR) is 72.8 cm³/mol. The largest absolute Gasteiger partial charge is 0.484 e. The Hall–Kier alpha value is -1.75. The summed E-state index contributed by atoms with van der Waals surface area (Å²) in [6.45, 7) is 2.96. The van der Waals surface area contributed by atoms with Crippen molar-refractivity contribution in [2.24, 2.45) is 0 Å². The van der Waals surface area contributed by atoms with Crippen LogP contribution in [0.2, 0.25) is 0 Å². The van der Waals surface area contributed by atoms with Gasteiger partial charge >= 0.3 is 0 Å².